The molecule has 0 atom stereocenters. The summed E-state index contributed by atoms with van der Waals surface area (Å²) in [5.41, 5.74) is 3.09. The van der Waals surface area contributed by atoms with Gasteiger partial charge in [-0.05, 0) is 12.1 Å². The molecule has 2 aliphatic rings. The summed E-state index contributed by atoms with van der Waals surface area (Å²) in [5.74, 6) is 0.394. The Morgan fingerprint density at radius 3 is 2.49 bits per heavy atom. The van der Waals surface area contributed by atoms with Crippen molar-refractivity contribution in [2.24, 2.45) is 7.05 Å². The van der Waals surface area contributed by atoms with E-state index in [-0.39, 0.29) is 11.9 Å². The van der Waals surface area contributed by atoms with E-state index in [1.54, 1.807) is 17.1 Å². The molecule has 9 nitrogen and oxygen atoms in total. The summed E-state index contributed by atoms with van der Waals surface area (Å²) in [6.07, 6.45) is 6.62. The number of halogens is 2. The molecule has 0 spiro atoms. The Morgan fingerprint density at radius 2 is 1.76 bits per heavy atom. The molecule has 2 fully saturated rings. The van der Waals surface area contributed by atoms with Gasteiger partial charge in [-0.15, -0.1) is 0 Å². The highest BCUT2D eigenvalue weighted by Gasteiger charge is 2.26. The molecule has 11 heteroatoms. The molecule has 37 heavy (non-hydrogen) atoms. The summed E-state index contributed by atoms with van der Waals surface area (Å²) in [7, 11) is 1.87. The zero-order valence-electron chi connectivity index (χ0n) is 20.5. The van der Waals surface area contributed by atoms with Crippen molar-refractivity contribution < 1.29 is 18.3 Å². The van der Waals surface area contributed by atoms with E-state index in [1.165, 1.54) is 12.1 Å². The number of hydrogen-bond acceptors (Lipinski definition) is 8. The fourth-order valence-electron chi connectivity index (χ4n) is 4.80. The normalized spacial score (nSPS) is 16.9. The predicted octanol–water partition coefficient (Wildman–Crippen LogP) is 3.59. The molecule has 5 heterocycles. The third kappa shape index (κ3) is 4.91. The zero-order valence-corrected chi connectivity index (χ0v) is 20.5. The number of aryl methyl sites for hydroxylation is 1. The number of ether oxygens (including phenoxy) is 2. The number of piperidine rings is 1. The standard InChI is InChI=1S/C26H27F2N7O2/c1-33-16-17(14-30-33)25-26(32-21-13-24(29-15-22(21)31-25)34-8-10-36-11-9-34)35-6-4-19(5-7-35)37-23-3-2-18(27)12-20(23)28/h2-3,12-16,19H,4-11H2,1H3. The second kappa shape index (κ2) is 9.89. The fourth-order valence-corrected chi connectivity index (χ4v) is 4.80. The van der Waals surface area contributed by atoms with Crippen LogP contribution in [0, 0.1) is 11.6 Å². The summed E-state index contributed by atoms with van der Waals surface area (Å²) >= 11 is 0. The molecule has 192 valence electrons. The largest absolute Gasteiger partial charge is 0.487 e. The minimum Gasteiger partial charge on any atom is -0.487 e. The molecule has 2 aliphatic heterocycles. The van der Waals surface area contributed by atoms with E-state index in [0.29, 0.717) is 44.7 Å². The van der Waals surface area contributed by atoms with E-state index >= 15 is 0 Å². The first kappa shape index (κ1) is 23.5. The molecule has 2 saturated heterocycles. The number of nitrogens with zero attached hydrogens (tertiary/aromatic N) is 7. The van der Waals surface area contributed by atoms with Gasteiger partial charge in [0.15, 0.2) is 17.4 Å². The van der Waals surface area contributed by atoms with Crippen LogP contribution in [0.3, 0.4) is 0 Å². The lowest BCUT2D eigenvalue weighted by Gasteiger charge is -2.34. The van der Waals surface area contributed by atoms with Gasteiger partial charge in [0.1, 0.15) is 28.9 Å². The monoisotopic (exact) mass is 507 g/mol. The lowest BCUT2D eigenvalue weighted by atomic mass is 10.1. The maximum atomic E-state index is 14.1. The number of hydrogen-bond donors (Lipinski definition) is 0. The van der Waals surface area contributed by atoms with Gasteiger partial charge in [-0.2, -0.15) is 5.10 Å². The molecule has 4 aromatic rings. The van der Waals surface area contributed by atoms with E-state index < -0.39 is 11.6 Å². The molecular weight excluding hydrogens is 480 g/mol. The first-order valence-electron chi connectivity index (χ1n) is 12.4. The minimum absolute atomic E-state index is 0.0736. The molecule has 0 N–H and O–H groups in total. The van der Waals surface area contributed by atoms with Crippen LogP contribution in [0.2, 0.25) is 0 Å². The minimum atomic E-state index is -0.689. The van der Waals surface area contributed by atoms with E-state index in [4.69, 9.17) is 19.4 Å². The summed E-state index contributed by atoms with van der Waals surface area (Å²) in [4.78, 5) is 19.0. The van der Waals surface area contributed by atoms with Gasteiger partial charge in [0.2, 0.25) is 0 Å². The van der Waals surface area contributed by atoms with Crippen LogP contribution in [-0.4, -0.2) is 70.2 Å². The average Bonchev–Trinajstić information content (AvgIpc) is 3.36. The Morgan fingerprint density at radius 1 is 0.946 bits per heavy atom. The van der Waals surface area contributed by atoms with Crippen molar-refractivity contribution in [2.75, 3.05) is 49.2 Å². The highest BCUT2D eigenvalue weighted by molar-refractivity contribution is 5.84. The van der Waals surface area contributed by atoms with E-state index in [1.807, 2.05) is 19.3 Å². The van der Waals surface area contributed by atoms with Crippen LogP contribution >= 0.6 is 0 Å². The number of pyridine rings is 1. The van der Waals surface area contributed by atoms with Crippen molar-refractivity contribution in [2.45, 2.75) is 18.9 Å². The van der Waals surface area contributed by atoms with Crippen molar-refractivity contribution in [1.82, 2.24) is 24.7 Å². The quantitative estimate of drug-likeness (QED) is 0.406. The molecule has 3 aromatic heterocycles. The van der Waals surface area contributed by atoms with Crippen molar-refractivity contribution in [1.29, 1.82) is 0 Å². The second-order valence-electron chi connectivity index (χ2n) is 9.31. The Bertz CT molecular complexity index is 1420. The topological polar surface area (TPSA) is 81.4 Å². The highest BCUT2D eigenvalue weighted by Crippen LogP contribution is 2.33. The zero-order chi connectivity index (χ0) is 25.4. The lowest BCUT2D eigenvalue weighted by Crippen LogP contribution is -2.39. The predicted molar refractivity (Wildman–Crippen MR) is 135 cm³/mol. The van der Waals surface area contributed by atoms with Crippen LogP contribution in [0.4, 0.5) is 20.4 Å². The average molecular weight is 508 g/mol. The maximum Gasteiger partial charge on any atom is 0.167 e. The maximum absolute atomic E-state index is 14.1. The molecule has 0 radical (unpaired) electrons. The van der Waals surface area contributed by atoms with Crippen LogP contribution in [0.5, 0.6) is 5.75 Å². The molecule has 6 rings (SSSR count). The van der Waals surface area contributed by atoms with Crippen molar-refractivity contribution in [3.63, 3.8) is 0 Å². The number of fused-ring (bicyclic) bond motifs is 1. The van der Waals surface area contributed by atoms with Crippen LogP contribution in [0.1, 0.15) is 12.8 Å². The summed E-state index contributed by atoms with van der Waals surface area (Å²) in [6.45, 7) is 4.24. The third-order valence-corrected chi connectivity index (χ3v) is 6.76. The lowest BCUT2D eigenvalue weighted by molar-refractivity contribution is 0.122. The fraction of sp³-hybridized carbons (Fsp3) is 0.385. The smallest absolute Gasteiger partial charge is 0.167 e. The summed E-state index contributed by atoms with van der Waals surface area (Å²) in [5, 5.41) is 4.32. The Balaban J connectivity index is 1.28. The van der Waals surface area contributed by atoms with Gasteiger partial charge in [0, 0.05) is 70.0 Å². The van der Waals surface area contributed by atoms with Crippen LogP contribution in [0.25, 0.3) is 22.3 Å². The molecule has 0 saturated carbocycles. The number of morpholine rings is 1. The molecule has 1 aromatic carbocycles. The molecule has 0 amide bonds. The molecule has 0 aliphatic carbocycles. The highest BCUT2D eigenvalue weighted by atomic mass is 19.1. The summed E-state index contributed by atoms with van der Waals surface area (Å²) < 4.78 is 40.4. The Hall–Kier alpha value is -3.86. The molecular formula is C26H27F2N7O2. The van der Waals surface area contributed by atoms with Crippen molar-refractivity contribution in [3.8, 4) is 17.0 Å². The van der Waals surface area contributed by atoms with Gasteiger partial charge >= 0.3 is 0 Å². The van der Waals surface area contributed by atoms with Crippen LogP contribution < -0.4 is 14.5 Å². The third-order valence-electron chi connectivity index (χ3n) is 6.76. The van der Waals surface area contributed by atoms with Gasteiger partial charge in [0.05, 0.1) is 31.1 Å². The van der Waals surface area contributed by atoms with Gasteiger partial charge < -0.3 is 19.3 Å². The van der Waals surface area contributed by atoms with Gasteiger partial charge in [-0.25, -0.2) is 23.7 Å². The van der Waals surface area contributed by atoms with Gasteiger partial charge in [-0.1, -0.05) is 0 Å². The van der Waals surface area contributed by atoms with E-state index in [9.17, 15) is 8.78 Å². The number of benzene rings is 1. The van der Waals surface area contributed by atoms with E-state index in [0.717, 1.165) is 47.6 Å². The van der Waals surface area contributed by atoms with Gasteiger partial charge in [0.25, 0.3) is 0 Å². The van der Waals surface area contributed by atoms with Gasteiger partial charge in [-0.3, -0.25) is 4.68 Å². The molecule has 0 bridgehead atoms. The summed E-state index contributed by atoms with van der Waals surface area (Å²) in [6, 6.07) is 5.37. The first-order valence-corrected chi connectivity index (χ1v) is 12.4. The van der Waals surface area contributed by atoms with Crippen molar-refractivity contribution in [3.05, 3.63) is 54.5 Å². The number of anilines is 2. The first-order chi connectivity index (χ1) is 18.0. The van der Waals surface area contributed by atoms with Crippen molar-refractivity contribution >= 4 is 22.7 Å². The SMILES string of the molecule is Cn1cc(-c2nc3cnc(N4CCOCC4)cc3nc2N2CCC(Oc3ccc(F)cc3F)CC2)cn1. The Labute approximate surface area is 212 Å². The Kier molecular flexibility index (Phi) is 6.29. The number of aromatic nitrogens is 5. The van der Waals surface area contributed by atoms with E-state index in [2.05, 4.69) is 19.9 Å². The van der Waals surface area contributed by atoms with Crippen LogP contribution in [0.15, 0.2) is 42.9 Å². The number of rotatable bonds is 5. The van der Waals surface area contributed by atoms with Crippen LogP contribution in [-0.2, 0) is 11.8 Å². The molecule has 0 unspecified atom stereocenters. The second-order valence-corrected chi connectivity index (χ2v) is 9.31.